The lowest BCUT2D eigenvalue weighted by Gasteiger charge is -2.14. The van der Waals surface area contributed by atoms with E-state index in [-0.39, 0.29) is 17.2 Å². The zero-order valence-corrected chi connectivity index (χ0v) is 15.9. The lowest BCUT2D eigenvalue weighted by molar-refractivity contribution is -0.137. The number of nitrogens with zero attached hydrogens (tertiary/aromatic N) is 3. The molecule has 2 aromatic heterocycles. The molecular weight excluding hydrogens is 387 g/mol. The first kappa shape index (κ1) is 19.7. The number of phenols is 1. The molecule has 3 heterocycles. The molecule has 0 amide bonds. The van der Waals surface area contributed by atoms with Crippen LogP contribution < -0.4 is 0 Å². The zero-order valence-electron chi connectivity index (χ0n) is 15.9. The second-order valence-corrected chi connectivity index (χ2v) is 7.28. The van der Waals surface area contributed by atoms with Gasteiger partial charge in [-0.3, -0.25) is 4.68 Å². The number of alkyl halides is 3. The summed E-state index contributed by atoms with van der Waals surface area (Å²) in [6.07, 6.45) is -4.57. The second-order valence-electron chi connectivity index (χ2n) is 7.28. The molecule has 0 bridgehead atoms. The number of halogens is 3. The van der Waals surface area contributed by atoms with Crippen LogP contribution in [0.5, 0.6) is 5.75 Å². The third kappa shape index (κ3) is 3.44. The van der Waals surface area contributed by atoms with Crippen LogP contribution in [0, 0.1) is 6.92 Å². The summed E-state index contributed by atoms with van der Waals surface area (Å²) >= 11 is 0. The summed E-state index contributed by atoms with van der Waals surface area (Å²) in [5, 5.41) is 25.7. The van der Waals surface area contributed by atoms with Crippen LogP contribution in [0.2, 0.25) is 0 Å². The number of ether oxygens (including phenoxy) is 1. The van der Waals surface area contributed by atoms with Gasteiger partial charge in [0.1, 0.15) is 5.75 Å². The smallest absolute Gasteiger partial charge is 0.416 e. The summed E-state index contributed by atoms with van der Waals surface area (Å²) in [6, 6.07) is 5.00. The van der Waals surface area contributed by atoms with E-state index in [4.69, 9.17) is 4.74 Å². The Balaban J connectivity index is 1.85. The van der Waals surface area contributed by atoms with Crippen LogP contribution >= 0.6 is 0 Å². The van der Waals surface area contributed by atoms with Gasteiger partial charge in [0, 0.05) is 17.6 Å². The summed E-state index contributed by atoms with van der Waals surface area (Å²) in [6.45, 7) is 4.23. The van der Waals surface area contributed by atoms with Gasteiger partial charge in [-0.25, -0.2) is 4.98 Å². The normalized spacial score (nSPS) is 18.5. The number of aromatic nitrogens is 3. The van der Waals surface area contributed by atoms with Gasteiger partial charge in [-0.1, -0.05) is 0 Å². The highest BCUT2D eigenvalue weighted by Crippen LogP contribution is 2.39. The number of hydrogen-bond donors (Lipinski definition) is 2. The fourth-order valence-electron chi connectivity index (χ4n) is 3.82. The molecule has 0 radical (unpaired) electrons. The molecule has 9 heteroatoms. The second kappa shape index (κ2) is 7.00. The number of phenolic OH excluding ortho intramolecular Hbond substituents is 1. The Morgan fingerprint density at radius 1 is 1.28 bits per heavy atom. The van der Waals surface area contributed by atoms with Gasteiger partial charge in [0.05, 0.1) is 35.7 Å². The fourth-order valence-corrected chi connectivity index (χ4v) is 3.82. The van der Waals surface area contributed by atoms with E-state index in [1.807, 2.05) is 0 Å². The molecule has 0 unspecified atom stereocenters. The largest absolute Gasteiger partial charge is 0.507 e. The topological polar surface area (TPSA) is 80.4 Å². The van der Waals surface area contributed by atoms with E-state index in [9.17, 15) is 23.4 Å². The highest BCUT2D eigenvalue weighted by atomic mass is 19.4. The predicted octanol–water partition coefficient (Wildman–Crippen LogP) is 4.15. The molecule has 1 aliphatic heterocycles. The number of aryl methyl sites for hydroxylation is 1. The van der Waals surface area contributed by atoms with Crippen molar-refractivity contribution in [3.05, 3.63) is 41.1 Å². The van der Waals surface area contributed by atoms with Crippen LogP contribution in [0.1, 0.15) is 42.3 Å². The maximum atomic E-state index is 13.0. The molecular formula is C20H20F3N3O3. The lowest BCUT2D eigenvalue weighted by Crippen LogP contribution is -2.15. The number of pyridine rings is 1. The molecule has 154 valence electrons. The highest BCUT2D eigenvalue weighted by Gasteiger charge is 2.32. The van der Waals surface area contributed by atoms with Crippen molar-refractivity contribution in [3.8, 4) is 17.0 Å². The number of hydrogen-bond acceptors (Lipinski definition) is 5. The maximum absolute atomic E-state index is 13.0. The van der Waals surface area contributed by atoms with Gasteiger partial charge >= 0.3 is 6.18 Å². The van der Waals surface area contributed by atoms with Gasteiger partial charge in [-0.15, -0.1) is 0 Å². The minimum absolute atomic E-state index is 0.0153. The molecule has 29 heavy (non-hydrogen) atoms. The number of aromatic hydroxyl groups is 1. The summed E-state index contributed by atoms with van der Waals surface area (Å²) in [5.41, 5.74) is 0.831. The Bertz CT molecular complexity index is 1050. The summed E-state index contributed by atoms with van der Waals surface area (Å²) in [5.74, 6) is -0.497. The first-order valence-corrected chi connectivity index (χ1v) is 9.23. The summed E-state index contributed by atoms with van der Waals surface area (Å²) in [4.78, 5) is 4.47. The third-order valence-corrected chi connectivity index (χ3v) is 5.15. The van der Waals surface area contributed by atoms with Crippen LogP contribution in [0.3, 0.4) is 0 Å². The maximum Gasteiger partial charge on any atom is 0.416 e. The predicted molar refractivity (Wildman–Crippen MR) is 99.5 cm³/mol. The average molecular weight is 407 g/mol. The van der Waals surface area contributed by atoms with Crippen molar-refractivity contribution in [2.24, 2.45) is 0 Å². The fraction of sp³-hybridized carbons (Fsp3) is 0.400. The SMILES string of the molecule is Cc1cc(C(F)(F)F)cc(O)c1-c1ccc2c([C@@H](C)O)n([C@@H]3CCOC3)nc2n1. The van der Waals surface area contributed by atoms with Crippen LogP contribution in [0.25, 0.3) is 22.3 Å². The van der Waals surface area contributed by atoms with Crippen LogP contribution in [-0.4, -0.2) is 38.2 Å². The molecule has 1 aromatic carbocycles. The molecule has 3 aromatic rings. The molecule has 6 nitrogen and oxygen atoms in total. The number of benzene rings is 1. The van der Waals surface area contributed by atoms with Gasteiger partial charge in [0.2, 0.25) is 0 Å². The van der Waals surface area contributed by atoms with E-state index >= 15 is 0 Å². The first-order chi connectivity index (χ1) is 13.7. The third-order valence-electron chi connectivity index (χ3n) is 5.15. The van der Waals surface area contributed by atoms with Crippen molar-refractivity contribution >= 4 is 11.0 Å². The molecule has 1 aliphatic rings. The number of aliphatic hydroxyl groups is 1. The monoisotopic (exact) mass is 407 g/mol. The van der Waals surface area contributed by atoms with Crippen molar-refractivity contribution in [1.29, 1.82) is 0 Å². The number of fused-ring (bicyclic) bond motifs is 1. The van der Waals surface area contributed by atoms with E-state index in [0.717, 1.165) is 12.5 Å². The first-order valence-electron chi connectivity index (χ1n) is 9.23. The van der Waals surface area contributed by atoms with E-state index in [1.54, 1.807) is 23.7 Å². The van der Waals surface area contributed by atoms with Gasteiger partial charge in [0.15, 0.2) is 5.65 Å². The molecule has 2 N–H and O–H groups in total. The molecule has 2 atom stereocenters. The Morgan fingerprint density at radius 3 is 2.62 bits per heavy atom. The van der Waals surface area contributed by atoms with Crippen molar-refractivity contribution in [2.45, 2.75) is 38.6 Å². The molecule has 4 rings (SSSR count). The van der Waals surface area contributed by atoms with Gasteiger partial charge < -0.3 is 14.9 Å². The van der Waals surface area contributed by atoms with E-state index < -0.39 is 23.6 Å². The number of aliphatic hydroxyl groups excluding tert-OH is 1. The Hall–Kier alpha value is -2.65. The molecule has 0 aliphatic carbocycles. The molecule has 0 spiro atoms. The highest BCUT2D eigenvalue weighted by molar-refractivity contribution is 5.83. The van der Waals surface area contributed by atoms with E-state index in [0.29, 0.717) is 41.7 Å². The van der Waals surface area contributed by atoms with Crippen LogP contribution in [0.4, 0.5) is 13.2 Å². The number of rotatable bonds is 3. The van der Waals surface area contributed by atoms with Gasteiger partial charge in [0.25, 0.3) is 0 Å². The zero-order chi connectivity index (χ0) is 20.9. The lowest BCUT2D eigenvalue weighted by atomic mass is 10.00. The Labute approximate surface area is 164 Å². The van der Waals surface area contributed by atoms with Crippen molar-refractivity contribution in [2.75, 3.05) is 13.2 Å². The van der Waals surface area contributed by atoms with E-state index in [1.165, 1.54) is 6.92 Å². The van der Waals surface area contributed by atoms with Crippen molar-refractivity contribution in [1.82, 2.24) is 14.8 Å². The van der Waals surface area contributed by atoms with Crippen LogP contribution in [-0.2, 0) is 10.9 Å². The molecule has 1 fully saturated rings. The summed E-state index contributed by atoms with van der Waals surface area (Å²) < 4.78 is 46.1. The Kier molecular flexibility index (Phi) is 4.74. The van der Waals surface area contributed by atoms with Crippen molar-refractivity contribution < 1.29 is 28.1 Å². The van der Waals surface area contributed by atoms with Gasteiger partial charge in [-0.2, -0.15) is 18.3 Å². The van der Waals surface area contributed by atoms with Crippen molar-refractivity contribution in [3.63, 3.8) is 0 Å². The minimum atomic E-state index is -4.55. The van der Waals surface area contributed by atoms with E-state index in [2.05, 4.69) is 10.1 Å². The Morgan fingerprint density at radius 2 is 2.03 bits per heavy atom. The quantitative estimate of drug-likeness (QED) is 0.682. The standard InChI is InChI=1S/C20H20F3N3O3/c1-10-7-12(20(21,22)23)8-16(28)17(10)15-4-3-14-18(11(2)27)26(25-19(14)24-15)13-5-6-29-9-13/h3-4,7-8,11,13,27-28H,5-6,9H2,1-2H3/t11-,13-/m1/s1. The summed E-state index contributed by atoms with van der Waals surface area (Å²) in [7, 11) is 0. The molecule has 0 saturated carbocycles. The average Bonchev–Trinajstić information content (AvgIpc) is 3.27. The molecule has 1 saturated heterocycles. The van der Waals surface area contributed by atoms with Gasteiger partial charge in [-0.05, 0) is 50.1 Å². The van der Waals surface area contributed by atoms with Crippen LogP contribution in [0.15, 0.2) is 24.3 Å². The minimum Gasteiger partial charge on any atom is -0.507 e.